The fourth-order valence-electron chi connectivity index (χ4n) is 1.64. The predicted molar refractivity (Wildman–Crippen MR) is 66.9 cm³/mol. The molecule has 0 saturated heterocycles. The SMILES string of the molecule is COC(C)(c1ccccn1)c1ccc(Cl)cn1. The standard InChI is InChI=1S/C13H13ClN2O/c1-13(17-2,11-5-3-4-8-15-11)12-7-6-10(14)9-16-12/h3-9H,1-2H3. The summed E-state index contributed by atoms with van der Waals surface area (Å²) < 4.78 is 5.58. The number of halogens is 1. The summed E-state index contributed by atoms with van der Waals surface area (Å²) in [6.45, 7) is 1.94. The first kappa shape index (κ1) is 12.0. The lowest BCUT2D eigenvalue weighted by Crippen LogP contribution is -2.28. The van der Waals surface area contributed by atoms with Crippen LogP contribution in [0.2, 0.25) is 5.02 Å². The van der Waals surface area contributed by atoms with Gasteiger partial charge in [-0.1, -0.05) is 17.7 Å². The lowest BCUT2D eigenvalue weighted by molar-refractivity contribution is 0.0317. The zero-order chi connectivity index (χ0) is 12.3. The molecule has 3 nitrogen and oxygen atoms in total. The number of hydrogen-bond acceptors (Lipinski definition) is 3. The van der Waals surface area contributed by atoms with Gasteiger partial charge in [0.15, 0.2) is 0 Å². The molecular weight excluding hydrogens is 236 g/mol. The third-order valence-electron chi connectivity index (χ3n) is 2.78. The Hall–Kier alpha value is -1.45. The van der Waals surface area contributed by atoms with Crippen LogP contribution >= 0.6 is 11.6 Å². The van der Waals surface area contributed by atoms with Gasteiger partial charge < -0.3 is 4.74 Å². The quantitative estimate of drug-likeness (QED) is 0.838. The number of aromatic nitrogens is 2. The van der Waals surface area contributed by atoms with Gasteiger partial charge in [-0.2, -0.15) is 0 Å². The van der Waals surface area contributed by atoms with Gasteiger partial charge >= 0.3 is 0 Å². The summed E-state index contributed by atoms with van der Waals surface area (Å²) in [5, 5.41) is 0.605. The lowest BCUT2D eigenvalue weighted by Gasteiger charge is -2.26. The maximum atomic E-state index is 5.83. The highest BCUT2D eigenvalue weighted by atomic mass is 35.5. The predicted octanol–water partition coefficient (Wildman–Crippen LogP) is 3.04. The first-order chi connectivity index (χ1) is 8.16. The summed E-state index contributed by atoms with van der Waals surface area (Å²) in [5.41, 5.74) is 0.937. The van der Waals surface area contributed by atoms with Crippen LogP contribution in [0.4, 0.5) is 0 Å². The van der Waals surface area contributed by atoms with E-state index in [2.05, 4.69) is 9.97 Å². The van der Waals surface area contributed by atoms with Crippen LogP contribution in [0, 0.1) is 0 Å². The van der Waals surface area contributed by atoms with Crippen LogP contribution in [-0.4, -0.2) is 17.1 Å². The third kappa shape index (κ3) is 2.30. The summed E-state index contributed by atoms with van der Waals surface area (Å²) in [7, 11) is 1.64. The van der Waals surface area contributed by atoms with Crippen LogP contribution in [0.25, 0.3) is 0 Å². The molecule has 0 aliphatic carbocycles. The molecule has 0 aromatic carbocycles. The largest absolute Gasteiger partial charge is 0.366 e. The minimum absolute atomic E-state index is 0.605. The molecule has 0 aliphatic rings. The Morgan fingerprint density at radius 2 is 1.88 bits per heavy atom. The first-order valence-electron chi connectivity index (χ1n) is 5.25. The Morgan fingerprint density at radius 1 is 1.12 bits per heavy atom. The summed E-state index contributed by atoms with van der Waals surface area (Å²) in [6.07, 6.45) is 3.35. The molecule has 0 amide bonds. The summed E-state index contributed by atoms with van der Waals surface area (Å²) >= 11 is 5.83. The zero-order valence-corrected chi connectivity index (χ0v) is 10.5. The van der Waals surface area contributed by atoms with Crippen molar-refractivity contribution >= 4 is 11.6 Å². The fourth-order valence-corrected chi connectivity index (χ4v) is 1.76. The van der Waals surface area contributed by atoms with Crippen LogP contribution in [0.5, 0.6) is 0 Å². The Morgan fingerprint density at radius 3 is 2.41 bits per heavy atom. The van der Waals surface area contributed by atoms with Crippen molar-refractivity contribution in [1.29, 1.82) is 0 Å². The van der Waals surface area contributed by atoms with Gasteiger partial charge in [-0.3, -0.25) is 9.97 Å². The molecular formula is C13H13ClN2O. The number of rotatable bonds is 3. The highest BCUT2D eigenvalue weighted by Crippen LogP contribution is 2.30. The molecule has 1 atom stereocenters. The second kappa shape index (κ2) is 4.82. The van der Waals surface area contributed by atoms with E-state index in [1.807, 2.05) is 31.2 Å². The zero-order valence-electron chi connectivity index (χ0n) is 9.72. The van der Waals surface area contributed by atoms with Gasteiger partial charge in [0.25, 0.3) is 0 Å². The van der Waals surface area contributed by atoms with E-state index >= 15 is 0 Å². The molecule has 88 valence electrons. The molecule has 17 heavy (non-hydrogen) atoms. The molecule has 0 fully saturated rings. The van der Waals surface area contributed by atoms with E-state index in [1.54, 1.807) is 25.6 Å². The van der Waals surface area contributed by atoms with E-state index in [-0.39, 0.29) is 0 Å². The molecule has 0 saturated carbocycles. The minimum Gasteiger partial charge on any atom is -0.366 e. The van der Waals surface area contributed by atoms with E-state index in [9.17, 15) is 0 Å². The number of methoxy groups -OCH3 is 1. The van der Waals surface area contributed by atoms with Crippen molar-refractivity contribution in [2.24, 2.45) is 0 Å². The maximum Gasteiger partial charge on any atom is 0.148 e. The maximum absolute atomic E-state index is 5.83. The molecule has 2 aromatic heterocycles. The van der Waals surface area contributed by atoms with E-state index in [0.717, 1.165) is 11.4 Å². The Bertz CT molecular complexity index is 487. The third-order valence-corrected chi connectivity index (χ3v) is 3.00. The normalized spacial score (nSPS) is 14.3. The highest BCUT2D eigenvalue weighted by molar-refractivity contribution is 6.30. The Balaban J connectivity index is 2.48. The van der Waals surface area contributed by atoms with Crippen molar-refractivity contribution in [3.05, 3.63) is 59.1 Å². The number of nitrogens with zero attached hydrogens (tertiary/aromatic N) is 2. The van der Waals surface area contributed by atoms with Crippen molar-refractivity contribution in [2.45, 2.75) is 12.5 Å². The fraction of sp³-hybridized carbons (Fsp3) is 0.231. The van der Waals surface area contributed by atoms with Crippen LogP contribution in [0.15, 0.2) is 42.7 Å². The average Bonchev–Trinajstić information content (AvgIpc) is 2.40. The summed E-state index contributed by atoms with van der Waals surface area (Å²) in [5.74, 6) is 0. The molecule has 2 heterocycles. The number of hydrogen-bond donors (Lipinski definition) is 0. The molecule has 0 bridgehead atoms. The van der Waals surface area contributed by atoms with Gasteiger partial charge in [0, 0.05) is 19.5 Å². The first-order valence-corrected chi connectivity index (χ1v) is 5.63. The van der Waals surface area contributed by atoms with Gasteiger partial charge in [0.1, 0.15) is 5.60 Å². The Kier molecular flexibility index (Phi) is 3.41. The molecule has 2 aromatic rings. The van der Waals surface area contributed by atoms with Gasteiger partial charge in [-0.25, -0.2) is 0 Å². The minimum atomic E-state index is -0.661. The van der Waals surface area contributed by atoms with Crippen molar-refractivity contribution < 1.29 is 4.74 Å². The van der Waals surface area contributed by atoms with E-state index in [0.29, 0.717) is 5.02 Å². The smallest absolute Gasteiger partial charge is 0.148 e. The van der Waals surface area contributed by atoms with Crippen molar-refractivity contribution in [3.8, 4) is 0 Å². The van der Waals surface area contributed by atoms with Crippen LogP contribution < -0.4 is 0 Å². The molecule has 0 spiro atoms. The lowest BCUT2D eigenvalue weighted by atomic mass is 9.96. The molecule has 4 heteroatoms. The van der Waals surface area contributed by atoms with Crippen LogP contribution in [-0.2, 0) is 10.3 Å². The van der Waals surface area contributed by atoms with Crippen molar-refractivity contribution in [3.63, 3.8) is 0 Å². The molecule has 0 N–H and O–H groups in total. The van der Waals surface area contributed by atoms with E-state index in [1.165, 1.54) is 0 Å². The Labute approximate surface area is 105 Å². The van der Waals surface area contributed by atoms with Crippen molar-refractivity contribution in [1.82, 2.24) is 9.97 Å². The number of pyridine rings is 2. The van der Waals surface area contributed by atoms with Crippen LogP contribution in [0.3, 0.4) is 0 Å². The second-order valence-electron chi connectivity index (χ2n) is 3.81. The summed E-state index contributed by atoms with van der Waals surface area (Å²) in [6, 6.07) is 9.36. The molecule has 1 unspecified atom stereocenters. The molecule has 2 rings (SSSR count). The van der Waals surface area contributed by atoms with Gasteiger partial charge in [0.05, 0.1) is 16.4 Å². The van der Waals surface area contributed by atoms with Gasteiger partial charge in [-0.15, -0.1) is 0 Å². The topological polar surface area (TPSA) is 35.0 Å². The van der Waals surface area contributed by atoms with Crippen LogP contribution in [0.1, 0.15) is 18.3 Å². The highest BCUT2D eigenvalue weighted by Gasteiger charge is 2.31. The van der Waals surface area contributed by atoms with Crippen molar-refractivity contribution in [2.75, 3.05) is 7.11 Å². The summed E-state index contributed by atoms with van der Waals surface area (Å²) in [4.78, 5) is 8.62. The van der Waals surface area contributed by atoms with Gasteiger partial charge in [-0.05, 0) is 31.2 Å². The molecule has 0 aliphatic heterocycles. The monoisotopic (exact) mass is 248 g/mol. The second-order valence-corrected chi connectivity index (χ2v) is 4.25. The van der Waals surface area contributed by atoms with Gasteiger partial charge in [0.2, 0.25) is 0 Å². The number of ether oxygens (including phenoxy) is 1. The average molecular weight is 249 g/mol. The molecule has 0 radical (unpaired) electrons. The van der Waals surface area contributed by atoms with E-state index < -0.39 is 5.60 Å². The van der Waals surface area contributed by atoms with E-state index in [4.69, 9.17) is 16.3 Å².